The van der Waals surface area contributed by atoms with Crippen LogP contribution < -0.4 is 20.1 Å². The summed E-state index contributed by atoms with van der Waals surface area (Å²) >= 11 is 0. The fraction of sp³-hybridized carbons (Fsp3) is 0.381. The van der Waals surface area contributed by atoms with Crippen molar-refractivity contribution in [3.63, 3.8) is 0 Å². The van der Waals surface area contributed by atoms with Crippen LogP contribution in [0.3, 0.4) is 0 Å². The molecular weight excluding hydrogens is 406 g/mol. The molecule has 9 heteroatoms. The van der Waals surface area contributed by atoms with Crippen molar-refractivity contribution < 1.29 is 22.7 Å². The summed E-state index contributed by atoms with van der Waals surface area (Å²) in [4.78, 5) is 12.8. The third kappa shape index (κ3) is 4.85. The number of sulfonamides is 1. The maximum Gasteiger partial charge on any atom is 0.246 e. The summed E-state index contributed by atoms with van der Waals surface area (Å²) in [6, 6.07) is 9.56. The monoisotopic (exact) mass is 433 g/mol. The number of carbonyl (C=O) groups is 1. The fourth-order valence-corrected chi connectivity index (χ4v) is 3.85. The van der Waals surface area contributed by atoms with Crippen LogP contribution in [0.2, 0.25) is 0 Å². The zero-order chi connectivity index (χ0) is 21.9. The van der Waals surface area contributed by atoms with Crippen LogP contribution in [0.5, 0.6) is 11.5 Å². The van der Waals surface area contributed by atoms with Gasteiger partial charge in [-0.25, -0.2) is 12.7 Å². The first kappa shape index (κ1) is 21.9. The number of rotatable bonds is 6. The number of hydrogen-bond donors (Lipinski definition) is 2. The zero-order valence-corrected chi connectivity index (χ0v) is 18.4. The molecular formula is C21H27N3O5S. The van der Waals surface area contributed by atoms with Crippen molar-refractivity contribution in [3.05, 3.63) is 42.0 Å². The third-order valence-electron chi connectivity index (χ3n) is 4.77. The van der Waals surface area contributed by atoms with E-state index in [1.807, 2.05) is 19.1 Å². The Hall–Kier alpha value is -2.78. The van der Waals surface area contributed by atoms with Gasteiger partial charge in [0.1, 0.15) is 6.04 Å². The molecule has 0 spiro atoms. The van der Waals surface area contributed by atoms with E-state index in [2.05, 4.69) is 10.6 Å². The molecule has 0 saturated heterocycles. The Morgan fingerprint density at radius 1 is 1.07 bits per heavy atom. The number of carbonyl (C=O) groups excluding carboxylic acids is 1. The summed E-state index contributed by atoms with van der Waals surface area (Å²) < 4.78 is 37.2. The average Bonchev–Trinajstić information content (AvgIpc) is 2.94. The Bertz CT molecular complexity index is 1040. The van der Waals surface area contributed by atoms with Gasteiger partial charge in [0.25, 0.3) is 0 Å². The minimum absolute atomic E-state index is 0.122. The van der Waals surface area contributed by atoms with Gasteiger partial charge in [0, 0.05) is 38.0 Å². The van der Waals surface area contributed by atoms with Gasteiger partial charge in [0.05, 0.1) is 18.1 Å². The molecule has 0 aromatic heterocycles. The molecule has 162 valence electrons. The van der Waals surface area contributed by atoms with E-state index in [-0.39, 0.29) is 10.8 Å². The number of benzene rings is 2. The Labute approximate surface area is 177 Å². The van der Waals surface area contributed by atoms with Gasteiger partial charge in [-0.05, 0) is 43.7 Å². The maximum absolute atomic E-state index is 12.7. The summed E-state index contributed by atoms with van der Waals surface area (Å²) in [5.74, 6) is 1.04. The topological polar surface area (TPSA) is 97.0 Å². The van der Waals surface area contributed by atoms with Gasteiger partial charge in [-0.15, -0.1) is 0 Å². The Balaban J connectivity index is 1.72. The zero-order valence-electron chi connectivity index (χ0n) is 17.6. The van der Waals surface area contributed by atoms with Crippen molar-refractivity contribution in [1.82, 2.24) is 4.31 Å². The van der Waals surface area contributed by atoms with E-state index in [4.69, 9.17) is 9.47 Å². The smallest absolute Gasteiger partial charge is 0.246 e. The average molecular weight is 434 g/mol. The molecule has 1 unspecified atom stereocenters. The molecule has 2 aromatic rings. The molecule has 30 heavy (non-hydrogen) atoms. The molecule has 3 rings (SSSR count). The molecule has 0 fully saturated rings. The van der Waals surface area contributed by atoms with Gasteiger partial charge in [-0.3, -0.25) is 4.79 Å². The number of hydrogen-bond acceptors (Lipinski definition) is 6. The first-order valence-electron chi connectivity index (χ1n) is 9.68. The van der Waals surface area contributed by atoms with Gasteiger partial charge in [0.15, 0.2) is 11.5 Å². The molecule has 8 nitrogen and oxygen atoms in total. The standard InChI is InChI=1S/C21H27N3O5S/c1-14-6-8-17(30(26,27)24(3)4)13-18(14)23-21(25)15(2)22-16-7-9-19-20(12-16)29-11-5-10-28-19/h6-9,12-13,15,22H,5,10-11H2,1-4H3,(H,23,25). The molecule has 1 heterocycles. The van der Waals surface area contributed by atoms with E-state index in [1.54, 1.807) is 19.1 Å². The summed E-state index contributed by atoms with van der Waals surface area (Å²) in [7, 11) is -0.658. The van der Waals surface area contributed by atoms with Crippen LogP contribution in [0.25, 0.3) is 0 Å². The summed E-state index contributed by atoms with van der Waals surface area (Å²) in [5.41, 5.74) is 1.95. The molecule has 2 aromatic carbocycles. The Morgan fingerprint density at radius 2 is 1.77 bits per heavy atom. The van der Waals surface area contributed by atoms with E-state index < -0.39 is 16.1 Å². The number of anilines is 2. The third-order valence-corrected chi connectivity index (χ3v) is 6.58. The minimum atomic E-state index is -3.59. The lowest BCUT2D eigenvalue weighted by molar-refractivity contribution is -0.116. The minimum Gasteiger partial charge on any atom is -0.490 e. The molecule has 1 amide bonds. The summed E-state index contributed by atoms with van der Waals surface area (Å²) in [5, 5.41) is 5.95. The Kier molecular flexibility index (Phi) is 6.52. The number of amides is 1. The van der Waals surface area contributed by atoms with Crippen molar-refractivity contribution >= 4 is 27.3 Å². The van der Waals surface area contributed by atoms with E-state index in [0.29, 0.717) is 30.4 Å². The molecule has 0 radical (unpaired) electrons. The van der Waals surface area contributed by atoms with Crippen LogP contribution in [0.1, 0.15) is 18.9 Å². The molecule has 2 N–H and O–H groups in total. The van der Waals surface area contributed by atoms with Crippen LogP contribution in [-0.2, 0) is 14.8 Å². The maximum atomic E-state index is 12.7. The van der Waals surface area contributed by atoms with Crippen LogP contribution in [0.15, 0.2) is 41.3 Å². The number of aryl methyl sites for hydroxylation is 1. The van der Waals surface area contributed by atoms with Gasteiger partial charge >= 0.3 is 0 Å². The molecule has 0 saturated carbocycles. The van der Waals surface area contributed by atoms with E-state index >= 15 is 0 Å². The first-order chi connectivity index (χ1) is 14.2. The fourth-order valence-electron chi connectivity index (χ4n) is 2.92. The van der Waals surface area contributed by atoms with Crippen molar-refractivity contribution in [2.45, 2.75) is 31.2 Å². The summed E-state index contributed by atoms with van der Waals surface area (Å²) in [6.07, 6.45) is 0.818. The molecule has 1 aliphatic heterocycles. The second kappa shape index (κ2) is 8.93. The van der Waals surface area contributed by atoms with Crippen molar-refractivity contribution in [2.24, 2.45) is 0 Å². The highest BCUT2D eigenvalue weighted by atomic mass is 32.2. The number of nitrogens with zero attached hydrogens (tertiary/aromatic N) is 1. The van der Waals surface area contributed by atoms with Gasteiger partial charge in [0.2, 0.25) is 15.9 Å². The van der Waals surface area contributed by atoms with E-state index in [9.17, 15) is 13.2 Å². The first-order valence-corrected chi connectivity index (χ1v) is 11.1. The van der Waals surface area contributed by atoms with E-state index in [0.717, 1.165) is 22.0 Å². The van der Waals surface area contributed by atoms with Crippen molar-refractivity contribution in [3.8, 4) is 11.5 Å². The summed E-state index contributed by atoms with van der Waals surface area (Å²) in [6.45, 7) is 4.73. The van der Waals surface area contributed by atoms with Gasteiger partial charge in [-0.1, -0.05) is 6.07 Å². The number of nitrogens with one attached hydrogen (secondary N) is 2. The van der Waals surface area contributed by atoms with E-state index in [1.165, 1.54) is 26.2 Å². The van der Waals surface area contributed by atoms with Crippen LogP contribution in [-0.4, -0.2) is 52.0 Å². The predicted molar refractivity (Wildman–Crippen MR) is 116 cm³/mol. The van der Waals surface area contributed by atoms with Gasteiger partial charge in [-0.2, -0.15) is 0 Å². The highest BCUT2D eigenvalue weighted by Gasteiger charge is 2.20. The predicted octanol–water partition coefficient (Wildman–Crippen LogP) is 2.85. The number of fused-ring (bicyclic) bond motifs is 1. The lowest BCUT2D eigenvalue weighted by atomic mass is 10.2. The van der Waals surface area contributed by atoms with Crippen LogP contribution >= 0.6 is 0 Å². The quantitative estimate of drug-likeness (QED) is 0.727. The second-order valence-corrected chi connectivity index (χ2v) is 9.48. The highest BCUT2D eigenvalue weighted by molar-refractivity contribution is 7.89. The lowest BCUT2D eigenvalue weighted by Gasteiger charge is -2.18. The SMILES string of the molecule is Cc1ccc(S(=O)(=O)N(C)C)cc1NC(=O)C(C)Nc1ccc2c(c1)OCCCO2. The van der Waals surface area contributed by atoms with Gasteiger partial charge < -0.3 is 20.1 Å². The normalized spacial score (nSPS) is 14.7. The number of ether oxygens (including phenoxy) is 2. The lowest BCUT2D eigenvalue weighted by Crippen LogP contribution is -2.32. The van der Waals surface area contributed by atoms with Crippen LogP contribution in [0.4, 0.5) is 11.4 Å². The molecule has 1 atom stereocenters. The molecule has 1 aliphatic rings. The van der Waals surface area contributed by atoms with Crippen molar-refractivity contribution in [2.75, 3.05) is 37.9 Å². The molecule has 0 aliphatic carbocycles. The second-order valence-electron chi connectivity index (χ2n) is 7.33. The van der Waals surface area contributed by atoms with Crippen molar-refractivity contribution in [1.29, 1.82) is 0 Å². The largest absolute Gasteiger partial charge is 0.490 e. The Morgan fingerprint density at radius 3 is 2.47 bits per heavy atom. The highest BCUT2D eigenvalue weighted by Crippen LogP contribution is 2.32. The van der Waals surface area contributed by atoms with Crippen LogP contribution in [0, 0.1) is 6.92 Å². The molecule has 0 bridgehead atoms.